The summed E-state index contributed by atoms with van der Waals surface area (Å²) < 4.78 is 5.92. The van der Waals surface area contributed by atoms with Gasteiger partial charge in [-0.15, -0.1) is 0 Å². The van der Waals surface area contributed by atoms with Gasteiger partial charge in [0, 0.05) is 13.2 Å². The molecule has 0 saturated heterocycles. The Kier molecular flexibility index (Phi) is 4.87. The molecule has 0 radical (unpaired) electrons. The van der Waals surface area contributed by atoms with Gasteiger partial charge in [-0.25, -0.2) is 0 Å². The van der Waals surface area contributed by atoms with Gasteiger partial charge in [-0.3, -0.25) is 0 Å². The second-order valence-electron chi connectivity index (χ2n) is 5.95. The number of rotatable bonds is 6. The highest BCUT2D eigenvalue weighted by Gasteiger charge is 2.47. The maximum Gasteiger partial charge on any atom is 0.0833 e. The molecule has 2 aliphatic carbocycles. The van der Waals surface area contributed by atoms with E-state index >= 15 is 0 Å². The van der Waals surface area contributed by atoms with E-state index in [0.717, 1.165) is 12.5 Å². The van der Waals surface area contributed by atoms with E-state index in [1.165, 1.54) is 57.8 Å². The number of methoxy groups -OCH3 is 1. The van der Waals surface area contributed by atoms with Crippen LogP contribution in [-0.2, 0) is 4.74 Å². The smallest absolute Gasteiger partial charge is 0.0833 e. The number of nitrogens with one attached hydrogen (secondary N) is 1. The largest absolute Gasteiger partial charge is 0.377 e. The van der Waals surface area contributed by atoms with Crippen molar-refractivity contribution >= 4 is 0 Å². The molecule has 0 spiro atoms. The molecule has 0 aromatic rings. The van der Waals surface area contributed by atoms with Crippen LogP contribution < -0.4 is 5.32 Å². The standard InChI is InChI=1S/C15H29NO/c1-3-12-16-14(13-8-5-4-6-9-13)15(17-2)10-7-11-15/h13-14,16H,3-12H2,1-2H3. The van der Waals surface area contributed by atoms with Crippen LogP contribution >= 0.6 is 0 Å². The maximum absolute atomic E-state index is 5.92. The SMILES string of the molecule is CCCNC(C1CCCCC1)C1(OC)CCC1. The summed E-state index contributed by atoms with van der Waals surface area (Å²) in [6.45, 7) is 3.40. The van der Waals surface area contributed by atoms with Gasteiger partial charge in [0.2, 0.25) is 0 Å². The molecule has 0 heterocycles. The van der Waals surface area contributed by atoms with Crippen LogP contribution in [0.2, 0.25) is 0 Å². The van der Waals surface area contributed by atoms with E-state index in [4.69, 9.17) is 4.74 Å². The van der Waals surface area contributed by atoms with E-state index in [1.807, 2.05) is 7.11 Å². The highest BCUT2D eigenvalue weighted by atomic mass is 16.5. The molecule has 2 heteroatoms. The number of ether oxygens (including phenoxy) is 1. The van der Waals surface area contributed by atoms with Crippen LogP contribution in [0.25, 0.3) is 0 Å². The molecular formula is C15H29NO. The quantitative estimate of drug-likeness (QED) is 0.766. The summed E-state index contributed by atoms with van der Waals surface area (Å²) in [6.07, 6.45) is 12.2. The summed E-state index contributed by atoms with van der Waals surface area (Å²) in [4.78, 5) is 0. The van der Waals surface area contributed by atoms with Crippen molar-refractivity contribution in [2.45, 2.75) is 76.4 Å². The predicted octanol–water partition coefficient (Wildman–Crippen LogP) is 3.50. The van der Waals surface area contributed by atoms with Crippen molar-refractivity contribution in [1.29, 1.82) is 0 Å². The lowest BCUT2D eigenvalue weighted by Gasteiger charge is -2.50. The van der Waals surface area contributed by atoms with Crippen molar-refractivity contribution in [3.63, 3.8) is 0 Å². The van der Waals surface area contributed by atoms with Gasteiger partial charge in [-0.05, 0) is 51.0 Å². The van der Waals surface area contributed by atoms with Gasteiger partial charge in [0.1, 0.15) is 0 Å². The molecule has 1 atom stereocenters. The van der Waals surface area contributed by atoms with Crippen molar-refractivity contribution in [3.8, 4) is 0 Å². The molecule has 1 unspecified atom stereocenters. The molecule has 1 N–H and O–H groups in total. The summed E-state index contributed by atoms with van der Waals surface area (Å²) >= 11 is 0. The third-order valence-electron chi connectivity index (χ3n) is 4.91. The molecule has 2 nitrogen and oxygen atoms in total. The second kappa shape index (κ2) is 6.19. The van der Waals surface area contributed by atoms with Gasteiger partial charge in [0.15, 0.2) is 0 Å². The van der Waals surface area contributed by atoms with Gasteiger partial charge in [0.25, 0.3) is 0 Å². The molecule has 17 heavy (non-hydrogen) atoms. The highest BCUT2D eigenvalue weighted by Crippen LogP contribution is 2.43. The minimum absolute atomic E-state index is 0.178. The Bertz CT molecular complexity index is 213. The van der Waals surface area contributed by atoms with Crippen molar-refractivity contribution < 1.29 is 4.74 Å². The van der Waals surface area contributed by atoms with Crippen molar-refractivity contribution in [1.82, 2.24) is 5.32 Å². The molecule has 0 aromatic carbocycles. The molecule has 0 bridgehead atoms. The van der Waals surface area contributed by atoms with Crippen molar-refractivity contribution in [2.24, 2.45) is 5.92 Å². The Morgan fingerprint density at radius 3 is 2.35 bits per heavy atom. The van der Waals surface area contributed by atoms with Crippen LogP contribution in [0.15, 0.2) is 0 Å². The Hall–Kier alpha value is -0.0800. The summed E-state index contributed by atoms with van der Waals surface area (Å²) in [5.74, 6) is 0.857. The molecule has 2 rings (SSSR count). The minimum Gasteiger partial charge on any atom is -0.377 e. The predicted molar refractivity (Wildman–Crippen MR) is 72.2 cm³/mol. The summed E-state index contributed by atoms with van der Waals surface area (Å²) in [5.41, 5.74) is 0.178. The minimum atomic E-state index is 0.178. The lowest BCUT2D eigenvalue weighted by Crippen LogP contribution is -2.60. The Labute approximate surface area is 107 Å². The van der Waals surface area contributed by atoms with Gasteiger partial charge >= 0.3 is 0 Å². The normalized spacial score (nSPS) is 26.5. The molecular weight excluding hydrogens is 210 g/mol. The molecule has 2 fully saturated rings. The van der Waals surface area contributed by atoms with E-state index < -0.39 is 0 Å². The lowest BCUT2D eigenvalue weighted by molar-refractivity contribution is -0.114. The number of hydrogen-bond acceptors (Lipinski definition) is 2. The highest BCUT2D eigenvalue weighted by molar-refractivity contribution is 5.02. The molecule has 0 aliphatic heterocycles. The average Bonchev–Trinajstić information content (AvgIpc) is 2.33. The van der Waals surface area contributed by atoms with E-state index in [2.05, 4.69) is 12.2 Å². The molecule has 0 amide bonds. The zero-order chi connectivity index (χ0) is 12.1. The molecule has 2 aliphatic rings. The number of hydrogen-bond donors (Lipinski definition) is 1. The molecule has 2 saturated carbocycles. The summed E-state index contributed by atoms with van der Waals surface area (Å²) in [7, 11) is 1.92. The monoisotopic (exact) mass is 239 g/mol. The van der Waals surface area contributed by atoms with Gasteiger partial charge in [-0.2, -0.15) is 0 Å². The van der Waals surface area contributed by atoms with E-state index in [1.54, 1.807) is 0 Å². The lowest BCUT2D eigenvalue weighted by atomic mass is 9.67. The van der Waals surface area contributed by atoms with Crippen molar-refractivity contribution in [2.75, 3.05) is 13.7 Å². The van der Waals surface area contributed by atoms with Crippen LogP contribution in [0.3, 0.4) is 0 Å². The van der Waals surface area contributed by atoms with Crippen LogP contribution in [0, 0.1) is 5.92 Å². The van der Waals surface area contributed by atoms with Crippen LogP contribution in [0.4, 0.5) is 0 Å². The van der Waals surface area contributed by atoms with E-state index in [9.17, 15) is 0 Å². The van der Waals surface area contributed by atoms with Crippen LogP contribution in [-0.4, -0.2) is 25.3 Å². The van der Waals surface area contributed by atoms with E-state index in [0.29, 0.717) is 6.04 Å². The van der Waals surface area contributed by atoms with Crippen molar-refractivity contribution in [3.05, 3.63) is 0 Å². The average molecular weight is 239 g/mol. The zero-order valence-corrected chi connectivity index (χ0v) is 11.6. The van der Waals surface area contributed by atoms with Gasteiger partial charge in [-0.1, -0.05) is 26.2 Å². The Balaban J connectivity index is 2.00. The Morgan fingerprint density at radius 1 is 1.18 bits per heavy atom. The summed E-state index contributed by atoms with van der Waals surface area (Å²) in [6, 6.07) is 0.612. The fraction of sp³-hybridized carbons (Fsp3) is 1.00. The first-order valence-corrected chi connectivity index (χ1v) is 7.61. The first-order chi connectivity index (χ1) is 8.32. The second-order valence-corrected chi connectivity index (χ2v) is 5.95. The third-order valence-corrected chi connectivity index (χ3v) is 4.91. The van der Waals surface area contributed by atoms with Gasteiger partial charge in [0.05, 0.1) is 5.60 Å². The Morgan fingerprint density at radius 2 is 1.88 bits per heavy atom. The fourth-order valence-corrected chi connectivity index (χ4v) is 3.72. The summed E-state index contributed by atoms with van der Waals surface area (Å²) in [5, 5.41) is 3.81. The molecule has 0 aromatic heterocycles. The first kappa shape index (κ1) is 13.4. The van der Waals surface area contributed by atoms with E-state index in [-0.39, 0.29) is 5.60 Å². The fourth-order valence-electron chi connectivity index (χ4n) is 3.72. The first-order valence-electron chi connectivity index (χ1n) is 7.61. The van der Waals surface area contributed by atoms with Crippen LogP contribution in [0.1, 0.15) is 64.7 Å². The zero-order valence-electron chi connectivity index (χ0n) is 11.6. The molecule has 100 valence electrons. The maximum atomic E-state index is 5.92. The van der Waals surface area contributed by atoms with Crippen LogP contribution in [0.5, 0.6) is 0 Å². The topological polar surface area (TPSA) is 21.3 Å². The van der Waals surface area contributed by atoms with Gasteiger partial charge < -0.3 is 10.1 Å². The third kappa shape index (κ3) is 2.85.